The number of hydrogen-bond donors (Lipinski definition) is 1. The quantitative estimate of drug-likeness (QED) is 0.803. The fraction of sp³-hybridized carbons (Fsp3) is 0.421. The SMILES string of the molecule is O=C(Cc1c(Cl)cccc1Cl)NCC(c1ccco1)N1CCCCC1. The molecule has 1 aromatic carbocycles. The second-order valence-corrected chi connectivity index (χ2v) is 7.12. The van der Waals surface area contributed by atoms with Crippen molar-refractivity contribution in [1.29, 1.82) is 0 Å². The summed E-state index contributed by atoms with van der Waals surface area (Å²) in [5.74, 6) is 0.793. The Bertz CT molecular complexity index is 677. The number of carbonyl (C=O) groups excluding carboxylic acids is 1. The maximum absolute atomic E-state index is 12.4. The van der Waals surface area contributed by atoms with Crippen molar-refractivity contribution < 1.29 is 9.21 Å². The average Bonchev–Trinajstić information content (AvgIpc) is 3.14. The van der Waals surface area contributed by atoms with Crippen LogP contribution in [0.15, 0.2) is 41.0 Å². The standard InChI is InChI=1S/C19H22Cl2N2O2/c20-15-6-4-7-16(21)14(15)12-19(24)22-13-17(18-8-5-11-25-18)23-9-2-1-3-10-23/h4-8,11,17H,1-3,9-10,12-13H2,(H,22,24). The molecule has 1 amide bonds. The number of rotatable bonds is 6. The highest BCUT2D eigenvalue weighted by molar-refractivity contribution is 6.36. The first-order valence-corrected chi connectivity index (χ1v) is 9.38. The fourth-order valence-electron chi connectivity index (χ4n) is 3.26. The summed E-state index contributed by atoms with van der Waals surface area (Å²) in [7, 11) is 0. The molecule has 0 aliphatic carbocycles. The van der Waals surface area contributed by atoms with E-state index in [-0.39, 0.29) is 18.4 Å². The van der Waals surface area contributed by atoms with Gasteiger partial charge in [0.1, 0.15) is 5.76 Å². The highest BCUT2D eigenvalue weighted by Gasteiger charge is 2.25. The van der Waals surface area contributed by atoms with E-state index in [0.717, 1.165) is 18.8 Å². The van der Waals surface area contributed by atoms with Crippen molar-refractivity contribution in [2.75, 3.05) is 19.6 Å². The van der Waals surface area contributed by atoms with E-state index in [1.807, 2.05) is 12.1 Å². The molecule has 6 heteroatoms. The average molecular weight is 381 g/mol. The molecular weight excluding hydrogens is 359 g/mol. The third kappa shape index (κ3) is 4.78. The summed E-state index contributed by atoms with van der Waals surface area (Å²) in [6.07, 6.45) is 5.47. The maximum Gasteiger partial charge on any atom is 0.224 e. The van der Waals surface area contributed by atoms with E-state index in [2.05, 4.69) is 10.2 Å². The molecule has 1 saturated heterocycles. The van der Waals surface area contributed by atoms with Gasteiger partial charge >= 0.3 is 0 Å². The summed E-state index contributed by atoms with van der Waals surface area (Å²) in [5.41, 5.74) is 0.663. The van der Waals surface area contributed by atoms with Crippen LogP contribution in [0.4, 0.5) is 0 Å². The molecule has 1 aromatic heterocycles. The zero-order valence-electron chi connectivity index (χ0n) is 14.0. The molecule has 2 heterocycles. The van der Waals surface area contributed by atoms with Crippen LogP contribution in [0.2, 0.25) is 10.0 Å². The van der Waals surface area contributed by atoms with E-state index in [4.69, 9.17) is 27.6 Å². The van der Waals surface area contributed by atoms with E-state index < -0.39 is 0 Å². The van der Waals surface area contributed by atoms with E-state index in [1.54, 1.807) is 24.5 Å². The van der Waals surface area contributed by atoms with Crippen LogP contribution in [0, 0.1) is 0 Å². The second kappa shape index (κ2) is 8.75. The molecule has 1 N–H and O–H groups in total. The molecular formula is C19H22Cl2N2O2. The normalized spacial score (nSPS) is 16.6. The van der Waals surface area contributed by atoms with Gasteiger partial charge in [0.2, 0.25) is 5.91 Å². The van der Waals surface area contributed by atoms with Gasteiger partial charge in [-0.05, 0) is 55.8 Å². The lowest BCUT2D eigenvalue weighted by molar-refractivity contribution is -0.120. The minimum absolute atomic E-state index is 0.0565. The number of nitrogens with zero attached hydrogens (tertiary/aromatic N) is 1. The van der Waals surface area contributed by atoms with Crippen LogP contribution in [0.25, 0.3) is 0 Å². The number of piperidine rings is 1. The topological polar surface area (TPSA) is 45.5 Å². The Kier molecular flexibility index (Phi) is 6.40. The molecule has 0 saturated carbocycles. The lowest BCUT2D eigenvalue weighted by atomic mass is 10.1. The predicted molar refractivity (Wildman–Crippen MR) is 100 cm³/mol. The molecule has 25 heavy (non-hydrogen) atoms. The number of hydrogen-bond acceptors (Lipinski definition) is 3. The molecule has 3 rings (SSSR count). The van der Waals surface area contributed by atoms with Crippen LogP contribution < -0.4 is 5.32 Å². The summed E-state index contributed by atoms with van der Waals surface area (Å²) in [6.45, 7) is 2.56. The van der Waals surface area contributed by atoms with Crippen molar-refractivity contribution in [1.82, 2.24) is 10.2 Å². The van der Waals surface area contributed by atoms with Gasteiger partial charge in [0.15, 0.2) is 0 Å². The molecule has 1 aliphatic heterocycles. The van der Waals surface area contributed by atoms with Crippen molar-refractivity contribution in [3.8, 4) is 0 Å². The Labute approximate surface area is 158 Å². The Hall–Kier alpha value is -1.49. The van der Waals surface area contributed by atoms with Gasteiger partial charge in [0, 0.05) is 16.6 Å². The maximum atomic E-state index is 12.4. The first-order valence-electron chi connectivity index (χ1n) is 8.62. The van der Waals surface area contributed by atoms with E-state index in [1.165, 1.54) is 19.3 Å². The minimum atomic E-state index is -0.0939. The number of halogens is 2. The first kappa shape index (κ1) is 18.3. The van der Waals surface area contributed by atoms with Crippen molar-refractivity contribution in [2.24, 2.45) is 0 Å². The van der Waals surface area contributed by atoms with Gasteiger partial charge in [-0.1, -0.05) is 35.7 Å². The van der Waals surface area contributed by atoms with Crippen molar-refractivity contribution in [2.45, 2.75) is 31.7 Å². The molecule has 0 spiro atoms. The Morgan fingerprint density at radius 3 is 2.48 bits per heavy atom. The molecule has 1 fully saturated rings. The third-order valence-electron chi connectivity index (χ3n) is 4.59. The summed E-state index contributed by atoms with van der Waals surface area (Å²) in [6, 6.07) is 9.18. The van der Waals surface area contributed by atoms with Gasteiger partial charge in [-0.2, -0.15) is 0 Å². The highest BCUT2D eigenvalue weighted by atomic mass is 35.5. The van der Waals surface area contributed by atoms with Crippen molar-refractivity contribution in [3.63, 3.8) is 0 Å². The zero-order valence-corrected chi connectivity index (χ0v) is 15.5. The van der Waals surface area contributed by atoms with Gasteiger partial charge in [-0.25, -0.2) is 0 Å². The van der Waals surface area contributed by atoms with Gasteiger partial charge < -0.3 is 9.73 Å². The summed E-state index contributed by atoms with van der Waals surface area (Å²) in [5, 5.41) is 4.04. The molecule has 4 nitrogen and oxygen atoms in total. The van der Waals surface area contributed by atoms with Gasteiger partial charge in [0.05, 0.1) is 18.7 Å². The zero-order chi connectivity index (χ0) is 17.6. The molecule has 0 bridgehead atoms. The monoisotopic (exact) mass is 380 g/mol. The Morgan fingerprint density at radius 1 is 1.12 bits per heavy atom. The largest absolute Gasteiger partial charge is 0.468 e. The fourth-order valence-corrected chi connectivity index (χ4v) is 3.79. The molecule has 1 atom stereocenters. The second-order valence-electron chi connectivity index (χ2n) is 6.31. The number of furan rings is 1. The molecule has 2 aromatic rings. The van der Waals surface area contributed by atoms with Crippen LogP contribution in [-0.4, -0.2) is 30.4 Å². The van der Waals surface area contributed by atoms with Crippen LogP contribution in [0.3, 0.4) is 0 Å². The summed E-state index contributed by atoms with van der Waals surface area (Å²) >= 11 is 12.3. The van der Waals surface area contributed by atoms with E-state index in [9.17, 15) is 4.79 Å². The molecule has 1 unspecified atom stereocenters. The van der Waals surface area contributed by atoms with E-state index in [0.29, 0.717) is 22.2 Å². The smallest absolute Gasteiger partial charge is 0.224 e. The lowest BCUT2D eigenvalue weighted by Gasteiger charge is -2.33. The Balaban J connectivity index is 1.63. The van der Waals surface area contributed by atoms with Crippen LogP contribution in [0.5, 0.6) is 0 Å². The number of benzene rings is 1. The van der Waals surface area contributed by atoms with Gasteiger partial charge in [-0.3, -0.25) is 9.69 Å². The van der Waals surface area contributed by atoms with Crippen molar-refractivity contribution >= 4 is 29.1 Å². The lowest BCUT2D eigenvalue weighted by Crippen LogP contribution is -2.40. The number of carbonyl (C=O) groups is 1. The van der Waals surface area contributed by atoms with Gasteiger partial charge in [0.25, 0.3) is 0 Å². The van der Waals surface area contributed by atoms with Crippen LogP contribution in [-0.2, 0) is 11.2 Å². The van der Waals surface area contributed by atoms with Crippen LogP contribution >= 0.6 is 23.2 Å². The number of likely N-dealkylation sites (tertiary alicyclic amines) is 1. The molecule has 0 radical (unpaired) electrons. The van der Waals surface area contributed by atoms with Crippen LogP contribution in [0.1, 0.15) is 36.6 Å². The minimum Gasteiger partial charge on any atom is -0.468 e. The van der Waals surface area contributed by atoms with E-state index >= 15 is 0 Å². The Morgan fingerprint density at radius 2 is 1.84 bits per heavy atom. The summed E-state index contributed by atoms with van der Waals surface area (Å²) < 4.78 is 5.60. The van der Waals surface area contributed by atoms with Crippen molar-refractivity contribution in [3.05, 3.63) is 58.0 Å². The van der Waals surface area contributed by atoms with Gasteiger partial charge in [-0.15, -0.1) is 0 Å². The first-order chi connectivity index (χ1) is 12.1. The molecule has 1 aliphatic rings. The summed E-state index contributed by atoms with van der Waals surface area (Å²) in [4.78, 5) is 14.8. The highest BCUT2D eigenvalue weighted by Crippen LogP contribution is 2.26. The predicted octanol–water partition coefficient (Wildman–Crippen LogP) is 4.47. The molecule has 134 valence electrons. The number of amides is 1. The number of nitrogens with one attached hydrogen (secondary N) is 1. The third-order valence-corrected chi connectivity index (χ3v) is 5.30.